The Bertz CT molecular complexity index is 730. The molecule has 0 atom stereocenters. The highest BCUT2D eigenvalue weighted by Crippen LogP contribution is 2.25. The summed E-state index contributed by atoms with van der Waals surface area (Å²) in [6, 6.07) is 8.91. The second-order valence-corrected chi connectivity index (χ2v) is 6.72. The van der Waals surface area contributed by atoms with E-state index in [1.165, 1.54) is 11.3 Å². The zero-order valence-electron chi connectivity index (χ0n) is 10.5. The summed E-state index contributed by atoms with van der Waals surface area (Å²) >= 11 is 1.18. The van der Waals surface area contributed by atoms with Crippen LogP contribution < -0.4 is 4.72 Å². The van der Waals surface area contributed by atoms with Crippen molar-refractivity contribution in [3.63, 3.8) is 0 Å². The van der Waals surface area contributed by atoms with E-state index in [-0.39, 0.29) is 4.88 Å². The van der Waals surface area contributed by atoms with Crippen LogP contribution in [-0.4, -0.2) is 33.2 Å². The van der Waals surface area contributed by atoms with Gasteiger partial charge in [0.2, 0.25) is 10.0 Å². The van der Waals surface area contributed by atoms with Crippen molar-refractivity contribution in [2.75, 3.05) is 12.9 Å². The number of thiophene rings is 1. The van der Waals surface area contributed by atoms with Gasteiger partial charge in [0.1, 0.15) is 0 Å². The fraction of sp³-hybridized carbons (Fsp3) is 0.167. The largest absolute Gasteiger partial charge is 0.468 e. The number of nitrogens with one attached hydrogen (secondary N) is 1. The maximum Gasteiger partial charge on any atom is 0.322 e. The lowest BCUT2D eigenvalue weighted by atomic mass is 10.2. The number of rotatable bonds is 4. The van der Waals surface area contributed by atoms with Gasteiger partial charge >= 0.3 is 5.97 Å². The van der Waals surface area contributed by atoms with Crippen LogP contribution in [0, 0.1) is 0 Å². The molecule has 0 aliphatic carbocycles. The molecule has 1 heterocycles. The van der Waals surface area contributed by atoms with Gasteiger partial charge in [-0.2, -0.15) is 0 Å². The van der Waals surface area contributed by atoms with Crippen molar-refractivity contribution >= 4 is 43.3 Å². The smallest absolute Gasteiger partial charge is 0.322 e. The van der Waals surface area contributed by atoms with Crippen molar-refractivity contribution in [3.8, 4) is 0 Å². The van der Waals surface area contributed by atoms with Gasteiger partial charge in [0, 0.05) is 4.70 Å². The molecular formula is C12H11NO5S2. The van der Waals surface area contributed by atoms with Gasteiger partial charge in [0.05, 0.1) is 12.0 Å². The van der Waals surface area contributed by atoms with Gasteiger partial charge in [-0.05, 0) is 17.5 Å². The average molecular weight is 313 g/mol. The highest BCUT2D eigenvalue weighted by atomic mass is 32.2. The highest BCUT2D eigenvalue weighted by molar-refractivity contribution is 7.90. The second-order valence-electron chi connectivity index (χ2n) is 3.91. The van der Waals surface area contributed by atoms with Gasteiger partial charge in [-0.3, -0.25) is 9.59 Å². The predicted molar refractivity (Wildman–Crippen MR) is 75.1 cm³/mol. The molecule has 20 heavy (non-hydrogen) atoms. The fourth-order valence-corrected chi connectivity index (χ4v) is 3.45. The fourth-order valence-electron chi connectivity index (χ4n) is 1.54. The number of methoxy groups -OCH3 is 1. The summed E-state index contributed by atoms with van der Waals surface area (Å²) in [5.74, 6) is -2.57. The average Bonchev–Trinajstić information content (AvgIpc) is 2.81. The minimum absolute atomic E-state index is 0.264. The zero-order chi connectivity index (χ0) is 14.8. The summed E-state index contributed by atoms with van der Waals surface area (Å²) in [4.78, 5) is 23.1. The Morgan fingerprint density at radius 2 is 2.00 bits per heavy atom. The van der Waals surface area contributed by atoms with Crippen LogP contribution in [0.25, 0.3) is 10.1 Å². The maximum absolute atomic E-state index is 11.9. The molecule has 2 aromatic rings. The van der Waals surface area contributed by atoms with E-state index in [1.807, 2.05) is 29.0 Å². The molecule has 106 valence electrons. The lowest BCUT2D eigenvalue weighted by Crippen LogP contribution is -2.34. The third kappa shape index (κ3) is 3.34. The molecule has 0 radical (unpaired) electrons. The third-order valence-corrected chi connectivity index (χ3v) is 4.66. The highest BCUT2D eigenvalue weighted by Gasteiger charge is 2.21. The quantitative estimate of drug-likeness (QED) is 0.855. The number of hydrogen-bond donors (Lipinski definition) is 1. The molecular weight excluding hydrogens is 302 g/mol. The molecule has 1 aromatic heterocycles. The molecule has 0 spiro atoms. The lowest BCUT2D eigenvalue weighted by molar-refractivity contribution is -0.137. The van der Waals surface area contributed by atoms with Crippen molar-refractivity contribution in [2.24, 2.45) is 0 Å². The van der Waals surface area contributed by atoms with Crippen molar-refractivity contribution < 1.29 is 22.7 Å². The number of amides is 1. The summed E-state index contributed by atoms with van der Waals surface area (Å²) < 4.78 is 30.1. The molecule has 0 fully saturated rings. The Labute approximate surface area is 119 Å². The summed E-state index contributed by atoms with van der Waals surface area (Å²) in [6.07, 6.45) is 0. The van der Waals surface area contributed by atoms with Gasteiger partial charge in [-0.15, -0.1) is 11.3 Å². The molecule has 0 saturated carbocycles. The Balaban J connectivity index is 2.17. The van der Waals surface area contributed by atoms with Crippen LogP contribution in [0.4, 0.5) is 0 Å². The van der Waals surface area contributed by atoms with Crippen LogP contribution >= 0.6 is 11.3 Å². The number of fused-ring (bicyclic) bond motifs is 1. The SMILES string of the molecule is COC(=O)CS(=O)(=O)NC(=O)c1cc2ccccc2s1. The minimum Gasteiger partial charge on any atom is -0.468 e. The molecule has 0 aliphatic heterocycles. The van der Waals surface area contributed by atoms with E-state index >= 15 is 0 Å². The second kappa shape index (κ2) is 5.59. The molecule has 0 saturated heterocycles. The van der Waals surface area contributed by atoms with Gasteiger partial charge < -0.3 is 4.74 Å². The number of hydrogen-bond acceptors (Lipinski definition) is 6. The summed E-state index contributed by atoms with van der Waals surface area (Å²) in [6.45, 7) is 0. The number of benzene rings is 1. The van der Waals surface area contributed by atoms with Crippen LogP contribution in [0.5, 0.6) is 0 Å². The predicted octanol–water partition coefficient (Wildman–Crippen LogP) is 1.13. The molecule has 0 aliphatic rings. The van der Waals surface area contributed by atoms with Crippen LogP contribution in [-0.2, 0) is 19.6 Å². The Kier molecular flexibility index (Phi) is 4.05. The number of sulfonamides is 1. The van der Waals surface area contributed by atoms with Crippen LogP contribution in [0.3, 0.4) is 0 Å². The normalized spacial score (nSPS) is 11.2. The van der Waals surface area contributed by atoms with E-state index in [9.17, 15) is 18.0 Å². The van der Waals surface area contributed by atoms with Crippen molar-refractivity contribution in [3.05, 3.63) is 35.2 Å². The van der Waals surface area contributed by atoms with E-state index < -0.39 is 27.7 Å². The third-order valence-electron chi connectivity index (χ3n) is 2.43. The van der Waals surface area contributed by atoms with Gasteiger partial charge in [-0.25, -0.2) is 13.1 Å². The molecule has 0 unspecified atom stereocenters. The van der Waals surface area contributed by atoms with E-state index in [1.54, 1.807) is 6.07 Å². The topological polar surface area (TPSA) is 89.5 Å². The summed E-state index contributed by atoms with van der Waals surface area (Å²) in [5, 5.41) is 0.855. The summed E-state index contributed by atoms with van der Waals surface area (Å²) in [7, 11) is -2.97. The molecule has 6 nitrogen and oxygen atoms in total. The van der Waals surface area contributed by atoms with E-state index in [2.05, 4.69) is 4.74 Å². The first-order chi connectivity index (χ1) is 9.41. The maximum atomic E-state index is 11.9. The van der Waals surface area contributed by atoms with Crippen molar-refractivity contribution in [1.82, 2.24) is 4.72 Å². The Hall–Kier alpha value is -1.93. The van der Waals surface area contributed by atoms with E-state index in [4.69, 9.17) is 0 Å². The summed E-state index contributed by atoms with van der Waals surface area (Å²) in [5.41, 5.74) is 0. The molecule has 1 amide bonds. The molecule has 0 bridgehead atoms. The number of carbonyl (C=O) groups excluding carboxylic acids is 2. The first kappa shape index (κ1) is 14.5. The molecule has 2 rings (SSSR count). The van der Waals surface area contributed by atoms with Crippen LogP contribution in [0.15, 0.2) is 30.3 Å². The minimum atomic E-state index is -4.05. The van der Waals surface area contributed by atoms with E-state index in [0.717, 1.165) is 17.2 Å². The van der Waals surface area contributed by atoms with Crippen molar-refractivity contribution in [2.45, 2.75) is 0 Å². The Morgan fingerprint density at radius 1 is 1.30 bits per heavy atom. The van der Waals surface area contributed by atoms with Crippen molar-refractivity contribution in [1.29, 1.82) is 0 Å². The molecule has 1 N–H and O–H groups in total. The number of ether oxygens (including phenoxy) is 1. The molecule has 8 heteroatoms. The monoisotopic (exact) mass is 313 g/mol. The zero-order valence-corrected chi connectivity index (χ0v) is 12.1. The van der Waals surface area contributed by atoms with E-state index in [0.29, 0.717) is 0 Å². The van der Waals surface area contributed by atoms with Gasteiger partial charge in [0.25, 0.3) is 5.91 Å². The first-order valence-corrected chi connectivity index (χ1v) is 7.98. The standard InChI is InChI=1S/C12H11NO5S2/c1-18-11(14)7-20(16,17)13-12(15)10-6-8-4-2-3-5-9(8)19-10/h2-6H,7H2,1H3,(H,13,15). The number of carbonyl (C=O) groups is 2. The van der Waals surface area contributed by atoms with Gasteiger partial charge in [0.15, 0.2) is 5.75 Å². The van der Waals surface area contributed by atoms with Crippen LogP contribution in [0.1, 0.15) is 9.67 Å². The molecule has 1 aromatic carbocycles. The lowest BCUT2D eigenvalue weighted by Gasteiger charge is -2.03. The van der Waals surface area contributed by atoms with Gasteiger partial charge in [-0.1, -0.05) is 18.2 Å². The first-order valence-electron chi connectivity index (χ1n) is 5.51. The number of esters is 1. The Morgan fingerprint density at radius 3 is 2.65 bits per heavy atom. The van der Waals surface area contributed by atoms with Crippen LogP contribution in [0.2, 0.25) is 0 Å².